The minimum atomic E-state index is -0.583. The van der Waals surface area contributed by atoms with Gasteiger partial charge in [0.2, 0.25) is 5.91 Å². The number of carbonyl (C=O) groups excluding carboxylic acids is 1. The Morgan fingerprint density at radius 1 is 1.14 bits per heavy atom. The van der Waals surface area contributed by atoms with Crippen molar-refractivity contribution in [3.05, 3.63) is 0 Å². The summed E-state index contributed by atoms with van der Waals surface area (Å²) in [7, 11) is 4.11. The number of nitrogens with zero attached hydrogens (tertiary/aromatic N) is 2. The molecule has 2 N–H and O–H groups in total. The molecule has 1 saturated carbocycles. The molecular weight excluding hydrogens is 282 g/mol. The van der Waals surface area contributed by atoms with Crippen molar-refractivity contribution in [3.63, 3.8) is 0 Å². The molecule has 0 aliphatic heterocycles. The van der Waals surface area contributed by atoms with Crippen molar-refractivity contribution < 1.29 is 4.79 Å². The summed E-state index contributed by atoms with van der Waals surface area (Å²) in [5.74, 6) is 0.165. The average Bonchev–Trinajstić information content (AvgIpc) is 2.69. The number of carbonyl (C=O) groups is 1. The van der Waals surface area contributed by atoms with Crippen molar-refractivity contribution in [2.75, 3.05) is 33.7 Å². The van der Waals surface area contributed by atoms with Crippen LogP contribution in [0.1, 0.15) is 51.9 Å². The van der Waals surface area contributed by atoms with Gasteiger partial charge < -0.3 is 15.5 Å². The summed E-state index contributed by atoms with van der Waals surface area (Å²) < 4.78 is 0. The van der Waals surface area contributed by atoms with Crippen molar-refractivity contribution in [3.8, 4) is 0 Å². The largest absolute Gasteiger partial charge is 0.392 e. The monoisotopic (exact) mass is 313 g/mol. The zero-order chi connectivity index (χ0) is 15.9. The smallest absolute Gasteiger partial charge is 0.235 e. The van der Waals surface area contributed by atoms with Crippen LogP contribution in [0, 0.1) is 5.41 Å². The molecular formula is C16H31N3OS. The predicted molar refractivity (Wildman–Crippen MR) is 92.3 cm³/mol. The maximum atomic E-state index is 13.1. The molecule has 1 rings (SSSR count). The Kier molecular flexibility index (Phi) is 7.60. The molecule has 21 heavy (non-hydrogen) atoms. The van der Waals surface area contributed by atoms with Gasteiger partial charge in [-0.15, -0.1) is 0 Å². The molecule has 0 aromatic carbocycles. The first-order valence-corrected chi connectivity index (χ1v) is 8.59. The van der Waals surface area contributed by atoms with Gasteiger partial charge in [0.05, 0.1) is 10.4 Å². The molecule has 0 saturated heterocycles. The van der Waals surface area contributed by atoms with E-state index in [1.54, 1.807) is 0 Å². The van der Waals surface area contributed by atoms with E-state index in [0.717, 1.165) is 51.7 Å². The van der Waals surface area contributed by atoms with Crippen molar-refractivity contribution in [2.45, 2.75) is 51.9 Å². The van der Waals surface area contributed by atoms with E-state index in [0.29, 0.717) is 4.99 Å². The van der Waals surface area contributed by atoms with Crippen LogP contribution in [-0.2, 0) is 4.79 Å². The van der Waals surface area contributed by atoms with Gasteiger partial charge >= 0.3 is 0 Å². The van der Waals surface area contributed by atoms with Crippen LogP contribution in [0.25, 0.3) is 0 Å². The number of thiocarbonyl (C=S) groups is 1. The molecule has 0 radical (unpaired) electrons. The second-order valence-electron chi connectivity index (χ2n) is 6.40. The van der Waals surface area contributed by atoms with Gasteiger partial charge in [-0.05, 0) is 46.8 Å². The van der Waals surface area contributed by atoms with E-state index in [1.165, 1.54) is 12.8 Å². The van der Waals surface area contributed by atoms with Crippen molar-refractivity contribution in [1.29, 1.82) is 0 Å². The van der Waals surface area contributed by atoms with Crippen LogP contribution in [0.5, 0.6) is 0 Å². The predicted octanol–water partition coefficient (Wildman–Crippen LogP) is 2.41. The highest BCUT2D eigenvalue weighted by molar-refractivity contribution is 7.80. The molecule has 0 heterocycles. The summed E-state index contributed by atoms with van der Waals surface area (Å²) in [5.41, 5.74) is 5.43. The number of nitrogens with two attached hydrogens (primary N) is 1. The molecule has 1 aliphatic carbocycles. The zero-order valence-electron chi connectivity index (χ0n) is 13.9. The average molecular weight is 314 g/mol. The summed E-state index contributed by atoms with van der Waals surface area (Å²) in [6.07, 6.45) is 7.11. The lowest BCUT2D eigenvalue weighted by molar-refractivity contribution is -0.138. The second kappa shape index (κ2) is 8.69. The van der Waals surface area contributed by atoms with Gasteiger partial charge in [-0.2, -0.15) is 0 Å². The number of amides is 1. The van der Waals surface area contributed by atoms with Crippen LogP contribution in [0.15, 0.2) is 0 Å². The highest BCUT2D eigenvalue weighted by Gasteiger charge is 2.43. The maximum absolute atomic E-state index is 13.1. The SMILES string of the molecule is CCN(CCCN(C)C)C(=O)C1(C(N)=S)CCCCCC1. The summed E-state index contributed by atoms with van der Waals surface area (Å²) in [6.45, 7) is 4.55. The number of hydrogen-bond donors (Lipinski definition) is 1. The first-order valence-electron chi connectivity index (χ1n) is 8.18. The minimum absolute atomic E-state index is 0.165. The van der Waals surface area contributed by atoms with Crippen LogP contribution in [0.3, 0.4) is 0 Å². The Balaban J connectivity index is 2.79. The molecule has 0 atom stereocenters. The number of hydrogen-bond acceptors (Lipinski definition) is 3. The molecule has 1 amide bonds. The molecule has 0 spiro atoms. The maximum Gasteiger partial charge on any atom is 0.235 e. The summed E-state index contributed by atoms with van der Waals surface area (Å²) >= 11 is 5.31. The highest BCUT2D eigenvalue weighted by Crippen LogP contribution is 2.37. The van der Waals surface area contributed by atoms with E-state index in [1.807, 2.05) is 11.8 Å². The van der Waals surface area contributed by atoms with Crippen LogP contribution >= 0.6 is 12.2 Å². The molecule has 5 heteroatoms. The normalized spacial score (nSPS) is 18.3. The Hall–Kier alpha value is -0.680. The molecule has 4 nitrogen and oxygen atoms in total. The minimum Gasteiger partial charge on any atom is -0.392 e. The molecule has 122 valence electrons. The van der Waals surface area contributed by atoms with E-state index in [9.17, 15) is 4.79 Å². The van der Waals surface area contributed by atoms with Gasteiger partial charge in [-0.3, -0.25) is 4.79 Å². The molecule has 0 unspecified atom stereocenters. The Morgan fingerprint density at radius 2 is 1.71 bits per heavy atom. The van der Waals surface area contributed by atoms with E-state index >= 15 is 0 Å². The van der Waals surface area contributed by atoms with Crippen molar-refractivity contribution in [2.24, 2.45) is 11.1 Å². The lowest BCUT2D eigenvalue weighted by Gasteiger charge is -2.36. The fourth-order valence-corrected chi connectivity index (χ4v) is 3.47. The highest BCUT2D eigenvalue weighted by atomic mass is 32.1. The number of rotatable bonds is 7. The first kappa shape index (κ1) is 18.4. The summed E-state index contributed by atoms with van der Waals surface area (Å²) in [6, 6.07) is 0. The van der Waals surface area contributed by atoms with Gasteiger partial charge in [-0.1, -0.05) is 37.9 Å². The fraction of sp³-hybridized carbons (Fsp3) is 0.875. The topological polar surface area (TPSA) is 49.6 Å². The lowest BCUT2D eigenvalue weighted by Crippen LogP contribution is -2.51. The molecule has 1 aliphatic rings. The van der Waals surface area contributed by atoms with Gasteiger partial charge in [0.25, 0.3) is 0 Å². The quantitative estimate of drug-likeness (QED) is 0.579. The van der Waals surface area contributed by atoms with E-state index in [2.05, 4.69) is 19.0 Å². The first-order chi connectivity index (χ1) is 9.94. The van der Waals surface area contributed by atoms with Crippen LogP contribution in [0.4, 0.5) is 0 Å². The third-order valence-electron chi connectivity index (χ3n) is 4.54. The molecule has 0 aromatic rings. The van der Waals surface area contributed by atoms with Crippen LogP contribution < -0.4 is 5.73 Å². The van der Waals surface area contributed by atoms with Gasteiger partial charge in [-0.25, -0.2) is 0 Å². The van der Waals surface area contributed by atoms with Gasteiger partial charge in [0, 0.05) is 13.1 Å². The van der Waals surface area contributed by atoms with Gasteiger partial charge in [0.15, 0.2) is 0 Å². The molecule has 1 fully saturated rings. The van der Waals surface area contributed by atoms with E-state index in [4.69, 9.17) is 18.0 Å². The second-order valence-corrected chi connectivity index (χ2v) is 6.84. The van der Waals surface area contributed by atoms with Crippen molar-refractivity contribution in [1.82, 2.24) is 9.80 Å². The Labute approximate surface area is 135 Å². The fourth-order valence-electron chi connectivity index (χ4n) is 3.18. The molecule has 0 bridgehead atoms. The Morgan fingerprint density at radius 3 is 2.14 bits per heavy atom. The van der Waals surface area contributed by atoms with Crippen LogP contribution in [-0.4, -0.2) is 54.4 Å². The third-order valence-corrected chi connectivity index (χ3v) is 4.93. The van der Waals surface area contributed by atoms with E-state index in [-0.39, 0.29) is 5.91 Å². The standard InChI is InChI=1S/C16H31N3OS/c1-4-19(13-9-12-18(2)3)15(20)16(14(17)21)10-7-5-6-8-11-16/h4-13H2,1-3H3,(H2,17,21). The summed E-state index contributed by atoms with van der Waals surface area (Å²) in [5, 5.41) is 0. The van der Waals surface area contributed by atoms with Crippen LogP contribution in [0.2, 0.25) is 0 Å². The Bertz CT molecular complexity index is 349. The lowest BCUT2D eigenvalue weighted by atomic mass is 9.78. The molecule has 0 aromatic heterocycles. The van der Waals surface area contributed by atoms with Gasteiger partial charge in [0.1, 0.15) is 0 Å². The summed E-state index contributed by atoms with van der Waals surface area (Å²) in [4.78, 5) is 17.6. The zero-order valence-corrected chi connectivity index (χ0v) is 14.7. The van der Waals surface area contributed by atoms with E-state index < -0.39 is 5.41 Å². The third kappa shape index (κ3) is 4.92. The van der Waals surface area contributed by atoms with Crippen molar-refractivity contribution >= 4 is 23.1 Å².